The fraction of sp³-hybridized carbons (Fsp3) is 0.647. The highest BCUT2D eigenvalue weighted by Crippen LogP contribution is 2.65. The van der Waals surface area contributed by atoms with E-state index in [1.165, 1.54) is 19.3 Å². The third kappa shape index (κ3) is 1.31. The van der Waals surface area contributed by atoms with E-state index in [2.05, 4.69) is 45.0 Å². The van der Waals surface area contributed by atoms with E-state index in [0.717, 1.165) is 11.8 Å². The molecule has 0 radical (unpaired) electrons. The second-order valence-corrected chi connectivity index (χ2v) is 6.37. The molecule has 0 amide bonds. The van der Waals surface area contributed by atoms with Crippen molar-refractivity contribution in [3.63, 3.8) is 0 Å². The average Bonchev–Trinajstić information content (AvgIpc) is 2.41. The first-order valence-corrected chi connectivity index (χ1v) is 7.50. The van der Waals surface area contributed by atoms with Gasteiger partial charge in [-0.05, 0) is 53.6 Å². The SMILES string of the molecule is CCC1(CC)C(N)C2CC(C)c3ccccc3C21. The third-order valence-corrected chi connectivity index (χ3v) is 5.98. The Kier molecular flexibility index (Phi) is 2.78. The quantitative estimate of drug-likeness (QED) is 0.833. The summed E-state index contributed by atoms with van der Waals surface area (Å²) in [4.78, 5) is 0. The van der Waals surface area contributed by atoms with Crippen LogP contribution in [0.1, 0.15) is 63.0 Å². The Hall–Kier alpha value is -0.820. The molecule has 0 aromatic heterocycles. The fourth-order valence-electron chi connectivity index (χ4n) is 4.91. The maximum absolute atomic E-state index is 6.55. The summed E-state index contributed by atoms with van der Waals surface area (Å²) in [6.07, 6.45) is 3.72. The van der Waals surface area contributed by atoms with Crippen LogP contribution in [-0.2, 0) is 0 Å². The zero-order chi connectivity index (χ0) is 12.9. The van der Waals surface area contributed by atoms with Gasteiger partial charge < -0.3 is 5.73 Å². The molecule has 1 heteroatoms. The second kappa shape index (κ2) is 4.09. The van der Waals surface area contributed by atoms with Gasteiger partial charge in [0.05, 0.1) is 0 Å². The van der Waals surface area contributed by atoms with Crippen LogP contribution in [-0.4, -0.2) is 6.04 Å². The molecule has 1 aromatic carbocycles. The number of nitrogens with two attached hydrogens (primary N) is 1. The van der Waals surface area contributed by atoms with Gasteiger partial charge in [-0.15, -0.1) is 0 Å². The minimum Gasteiger partial charge on any atom is -0.327 e. The molecule has 0 saturated heterocycles. The maximum atomic E-state index is 6.55. The van der Waals surface area contributed by atoms with Gasteiger partial charge in [0.25, 0.3) is 0 Å². The molecule has 4 unspecified atom stereocenters. The van der Waals surface area contributed by atoms with E-state index in [4.69, 9.17) is 5.73 Å². The first-order chi connectivity index (χ1) is 8.65. The zero-order valence-corrected chi connectivity index (χ0v) is 11.8. The molecule has 1 fully saturated rings. The van der Waals surface area contributed by atoms with E-state index < -0.39 is 0 Å². The second-order valence-electron chi connectivity index (χ2n) is 6.37. The number of rotatable bonds is 2. The van der Waals surface area contributed by atoms with Crippen LogP contribution in [0.2, 0.25) is 0 Å². The van der Waals surface area contributed by atoms with Gasteiger partial charge in [0.2, 0.25) is 0 Å². The van der Waals surface area contributed by atoms with Crippen molar-refractivity contribution in [3.05, 3.63) is 35.4 Å². The maximum Gasteiger partial charge on any atom is 0.0136 e. The van der Waals surface area contributed by atoms with Crippen LogP contribution in [0.25, 0.3) is 0 Å². The highest BCUT2D eigenvalue weighted by atomic mass is 14.8. The number of hydrogen-bond donors (Lipinski definition) is 1. The lowest BCUT2D eigenvalue weighted by Crippen LogP contribution is -2.64. The lowest BCUT2D eigenvalue weighted by molar-refractivity contribution is -0.0418. The van der Waals surface area contributed by atoms with Crippen LogP contribution in [0.3, 0.4) is 0 Å². The Labute approximate surface area is 111 Å². The van der Waals surface area contributed by atoms with Gasteiger partial charge in [0.1, 0.15) is 0 Å². The molecule has 2 N–H and O–H groups in total. The summed E-state index contributed by atoms with van der Waals surface area (Å²) in [5.41, 5.74) is 10.1. The van der Waals surface area contributed by atoms with Crippen LogP contribution in [0, 0.1) is 11.3 Å². The van der Waals surface area contributed by atoms with E-state index in [-0.39, 0.29) is 0 Å². The summed E-state index contributed by atoms with van der Waals surface area (Å²) in [6.45, 7) is 7.00. The fourth-order valence-corrected chi connectivity index (χ4v) is 4.91. The van der Waals surface area contributed by atoms with Crippen molar-refractivity contribution in [1.29, 1.82) is 0 Å². The van der Waals surface area contributed by atoms with E-state index in [1.807, 2.05) is 0 Å². The van der Waals surface area contributed by atoms with Crippen molar-refractivity contribution in [2.24, 2.45) is 17.1 Å². The Balaban J connectivity index is 2.09. The highest BCUT2D eigenvalue weighted by Gasteiger charge is 2.60. The first-order valence-electron chi connectivity index (χ1n) is 7.50. The lowest BCUT2D eigenvalue weighted by atomic mass is 9.43. The van der Waals surface area contributed by atoms with Crippen molar-refractivity contribution in [2.45, 2.75) is 57.9 Å². The smallest absolute Gasteiger partial charge is 0.0136 e. The van der Waals surface area contributed by atoms with Crippen LogP contribution < -0.4 is 5.73 Å². The third-order valence-electron chi connectivity index (χ3n) is 5.98. The zero-order valence-electron chi connectivity index (χ0n) is 11.8. The number of benzene rings is 1. The first kappa shape index (κ1) is 12.2. The van der Waals surface area contributed by atoms with Crippen molar-refractivity contribution >= 4 is 0 Å². The van der Waals surface area contributed by atoms with Crippen LogP contribution in [0.4, 0.5) is 0 Å². The van der Waals surface area contributed by atoms with E-state index in [9.17, 15) is 0 Å². The molecule has 1 nitrogen and oxygen atoms in total. The highest BCUT2D eigenvalue weighted by molar-refractivity contribution is 5.42. The van der Waals surface area contributed by atoms with E-state index >= 15 is 0 Å². The molecule has 2 aliphatic carbocycles. The Bertz CT molecular complexity index is 447. The molecule has 0 heterocycles. The van der Waals surface area contributed by atoms with Crippen molar-refractivity contribution < 1.29 is 0 Å². The molecular weight excluding hydrogens is 218 g/mol. The van der Waals surface area contributed by atoms with Crippen LogP contribution >= 0.6 is 0 Å². The largest absolute Gasteiger partial charge is 0.327 e. The van der Waals surface area contributed by atoms with Gasteiger partial charge >= 0.3 is 0 Å². The summed E-state index contributed by atoms with van der Waals surface area (Å²) in [5.74, 6) is 2.12. The van der Waals surface area contributed by atoms with Crippen molar-refractivity contribution in [1.82, 2.24) is 0 Å². The molecule has 1 saturated carbocycles. The average molecular weight is 243 g/mol. The lowest BCUT2D eigenvalue weighted by Gasteiger charge is -2.63. The van der Waals surface area contributed by atoms with Gasteiger partial charge in [-0.3, -0.25) is 0 Å². The summed E-state index contributed by atoms with van der Waals surface area (Å²) in [6, 6.07) is 9.49. The van der Waals surface area contributed by atoms with Crippen molar-refractivity contribution in [2.75, 3.05) is 0 Å². The standard InChI is InChI=1S/C17H25N/c1-4-17(5-2)15-13-9-7-6-8-12(13)11(3)10-14(15)16(17)18/h6-9,11,14-16H,4-5,10,18H2,1-3H3. The van der Waals surface area contributed by atoms with Crippen LogP contribution in [0.5, 0.6) is 0 Å². The Morgan fingerprint density at radius 3 is 2.39 bits per heavy atom. The summed E-state index contributed by atoms with van der Waals surface area (Å²) in [7, 11) is 0. The molecule has 18 heavy (non-hydrogen) atoms. The van der Waals surface area contributed by atoms with Crippen LogP contribution in [0.15, 0.2) is 24.3 Å². The Morgan fingerprint density at radius 2 is 1.78 bits per heavy atom. The van der Waals surface area contributed by atoms with E-state index in [0.29, 0.717) is 17.4 Å². The number of hydrogen-bond acceptors (Lipinski definition) is 1. The molecule has 0 spiro atoms. The normalized spacial score (nSPS) is 36.4. The minimum absolute atomic E-state index is 0.362. The molecule has 0 bridgehead atoms. The minimum atomic E-state index is 0.362. The van der Waals surface area contributed by atoms with Gasteiger partial charge in [-0.2, -0.15) is 0 Å². The summed E-state index contributed by atoms with van der Waals surface area (Å²) < 4.78 is 0. The Morgan fingerprint density at radius 1 is 1.17 bits per heavy atom. The van der Waals surface area contributed by atoms with Crippen molar-refractivity contribution in [3.8, 4) is 0 Å². The van der Waals surface area contributed by atoms with Gasteiger partial charge in [0, 0.05) is 6.04 Å². The van der Waals surface area contributed by atoms with Gasteiger partial charge in [-0.1, -0.05) is 45.0 Å². The van der Waals surface area contributed by atoms with Gasteiger partial charge in [0.15, 0.2) is 0 Å². The molecule has 1 aromatic rings. The molecule has 98 valence electrons. The van der Waals surface area contributed by atoms with E-state index in [1.54, 1.807) is 11.1 Å². The number of fused-ring (bicyclic) bond motifs is 3. The molecule has 2 aliphatic rings. The topological polar surface area (TPSA) is 26.0 Å². The monoisotopic (exact) mass is 243 g/mol. The predicted octanol–water partition coefficient (Wildman–Crippen LogP) is 4.04. The van der Waals surface area contributed by atoms with Gasteiger partial charge in [-0.25, -0.2) is 0 Å². The molecule has 4 atom stereocenters. The summed E-state index contributed by atoms with van der Waals surface area (Å²) in [5, 5.41) is 0. The molecule has 0 aliphatic heterocycles. The summed E-state index contributed by atoms with van der Waals surface area (Å²) >= 11 is 0. The molecule has 3 rings (SSSR count). The predicted molar refractivity (Wildman–Crippen MR) is 76.7 cm³/mol. The molecular formula is C17H25N.